The molecule has 0 aliphatic carbocycles. The molecule has 0 bridgehead atoms. The van der Waals surface area contributed by atoms with E-state index in [2.05, 4.69) is 29.5 Å². The number of nitrogens with zero attached hydrogens (tertiary/aromatic N) is 1. The van der Waals surface area contributed by atoms with Crippen molar-refractivity contribution < 1.29 is 0 Å². The maximum atomic E-state index is 4.17. The molecule has 17 heavy (non-hydrogen) atoms. The molecule has 0 radical (unpaired) electrons. The Morgan fingerprint density at radius 1 is 1.53 bits per heavy atom. The second kappa shape index (κ2) is 6.01. The smallest absolute Gasteiger partial charge is 0.0558 e. The van der Waals surface area contributed by atoms with Crippen LogP contribution in [0.1, 0.15) is 38.2 Å². The Kier molecular flexibility index (Phi) is 4.37. The van der Waals surface area contributed by atoms with Crippen LogP contribution in [0.3, 0.4) is 0 Å². The van der Waals surface area contributed by atoms with Crippen LogP contribution >= 0.6 is 0 Å². The van der Waals surface area contributed by atoms with Crippen LogP contribution in [0, 0.1) is 6.92 Å². The van der Waals surface area contributed by atoms with Crippen molar-refractivity contribution in [3.63, 3.8) is 0 Å². The first kappa shape index (κ1) is 12.4. The minimum Gasteiger partial charge on any atom is -0.381 e. The molecule has 3 nitrogen and oxygen atoms in total. The van der Waals surface area contributed by atoms with Gasteiger partial charge in [0.25, 0.3) is 0 Å². The molecule has 0 amide bonds. The molecule has 2 heterocycles. The van der Waals surface area contributed by atoms with Crippen LogP contribution in [0.25, 0.3) is 0 Å². The minimum absolute atomic E-state index is 0.494. The lowest BCUT2D eigenvalue weighted by Crippen LogP contribution is -2.37. The third-order valence-corrected chi connectivity index (χ3v) is 3.49. The van der Waals surface area contributed by atoms with Crippen molar-refractivity contribution in [3.8, 4) is 0 Å². The molecule has 0 aromatic carbocycles. The molecule has 0 saturated carbocycles. The lowest BCUT2D eigenvalue weighted by Gasteiger charge is -2.27. The van der Waals surface area contributed by atoms with Gasteiger partial charge in [-0.1, -0.05) is 6.42 Å². The van der Waals surface area contributed by atoms with E-state index in [9.17, 15) is 0 Å². The van der Waals surface area contributed by atoms with E-state index in [1.807, 2.05) is 18.5 Å². The van der Waals surface area contributed by atoms with E-state index in [4.69, 9.17) is 0 Å². The fourth-order valence-electron chi connectivity index (χ4n) is 2.49. The summed E-state index contributed by atoms with van der Waals surface area (Å²) in [6.45, 7) is 5.56. The Morgan fingerprint density at radius 3 is 3.12 bits per heavy atom. The predicted molar refractivity (Wildman–Crippen MR) is 72.3 cm³/mol. The fraction of sp³-hybridized carbons (Fsp3) is 0.643. The van der Waals surface area contributed by atoms with Crippen LogP contribution in [0.2, 0.25) is 0 Å². The minimum atomic E-state index is 0.494. The molecule has 3 heteroatoms. The summed E-state index contributed by atoms with van der Waals surface area (Å²) in [6, 6.07) is 3.23. The molecule has 2 rings (SSSR count). The van der Waals surface area contributed by atoms with Crippen molar-refractivity contribution in [2.24, 2.45) is 0 Å². The number of rotatable bonds is 4. The lowest BCUT2D eigenvalue weighted by molar-refractivity contribution is 0.371. The number of hydrogen-bond acceptors (Lipinski definition) is 3. The van der Waals surface area contributed by atoms with Crippen LogP contribution in [0.15, 0.2) is 18.5 Å². The molecule has 94 valence electrons. The van der Waals surface area contributed by atoms with Gasteiger partial charge < -0.3 is 10.6 Å². The van der Waals surface area contributed by atoms with Gasteiger partial charge in [0.15, 0.2) is 0 Å². The first-order valence-corrected chi connectivity index (χ1v) is 6.66. The van der Waals surface area contributed by atoms with Gasteiger partial charge in [-0.2, -0.15) is 0 Å². The van der Waals surface area contributed by atoms with Gasteiger partial charge in [-0.15, -0.1) is 0 Å². The third kappa shape index (κ3) is 3.70. The van der Waals surface area contributed by atoms with Gasteiger partial charge in [-0.05, 0) is 51.3 Å². The Morgan fingerprint density at radius 2 is 2.41 bits per heavy atom. The molecule has 2 unspecified atom stereocenters. The first-order chi connectivity index (χ1) is 8.25. The summed E-state index contributed by atoms with van der Waals surface area (Å²) in [7, 11) is 0. The molecule has 2 atom stereocenters. The molecule has 1 saturated heterocycles. The Balaban J connectivity index is 1.84. The van der Waals surface area contributed by atoms with Gasteiger partial charge in [-0.3, -0.25) is 4.98 Å². The standard InChI is InChI=1S/C14H23N3/c1-11-6-8-15-10-14(11)17-12(2)9-13-5-3-4-7-16-13/h6,8,10,12-13,16-17H,3-5,7,9H2,1-2H3. The highest BCUT2D eigenvalue weighted by Gasteiger charge is 2.15. The van der Waals surface area contributed by atoms with Crippen molar-refractivity contribution in [3.05, 3.63) is 24.0 Å². The van der Waals surface area contributed by atoms with E-state index in [1.165, 1.54) is 37.8 Å². The zero-order valence-electron chi connectivity index (χ0n) is 10.9. The molecule has 1 fully saturated rings. The maximum absolute atomic E-state index is 4.17. The van der Waals surface area contributed by atoms with Crippen LogP contribution in [-0.2, 0) is 0 Å². The molecular weight excluding hydrogens is 210 g/mol. The number of piperidine rings is 1. The van der Waals surface area contributed by atoms with E-state index in [0.717, 1.165) is 5.69 Å². The summed E-state index contributed by atoms with van der Waals surface area (Å²) in [5.74, 6) is 0. The lowest BCUT2D eigenvalue weighted by atomic mass is 9.98. The van der Waals surface area contributed by atoms with Crippen LogP contribution in [0.4, 0.5) is 5.69 Å². The number of pyridine rings is 1. The summed E-state index contributed by atoms with van der Waals surface area (Å²) in [4.78, 5) is 4.17. The Hall–Kier alpha value is -1.09. The molecule has 1 aromatic heterocycles. The van der Waals surface area contributed by atoms with Crippen molar-refractivity contribution in [1.82, 2.24) is 10.3 Å². The summed E-state index contributed by atoms with van der Waals surface area (Å²) >= 11 is 0. The third-order valence-electron chi connectivity index (χ3n) is 3.49. The number of hydrogen-bond donors (Lipinski definition) is 2. The van der Waals surface area contributed by atoms with E-state index < -0.39 is 0 Å². The normalized spacial score (nSPS) is 22.1. The zero-order valence-corrected chi connectivity index (χ0v) is 10.9. The SMILES string of the molecule is Cc1ccncc1NC(C)CC1CCCCN1. The van der Waals surface area contributed by atoms with E-state index in [-0.39, 0.29) is 0 Å². The Bertz CT molecular complexity index is 345. The molecule has 2 N–H and O–H groups in total. The summed E-state index contributed by atoms with van der Waals surface area (Å²) in [5.41, 5.74) is 2.43. The maximum Gasteiger partial charge on any atom is 0.0558 e. The van der Waals surface area contributed by atoms with Gasteiger partial charge >= 0.3 is 0 Å². The van der Waals surface area contributed by atoms with Crippen molar-refractivity contribution >= 4 is 5.69 Å². The van der Waals surface area contributed by atoms with Crippen LogP contribution in [-0.4, -0.2) is 23.6 Å². The first-order valence-electron chi connectivity index (χ1n) is 6.66. The number of aromatic nitrogens is 1. The Labute approximate surface area is 104 Å². The van der Waals surface area contributed by atoms with E-state index in [1.54, 1.807) is 0 Å². The average Bonchev–Trinajstić information content (AvgIpc) is 2.33. The van der Waals surface area contributed by atoms with Crippen molar-refractivity contribution in [1.29, 1.82) is 0 Å². The highest BCUT2D eigenvalue weighted by molar-refractivity contribution is 5.48. The number of aryl methyl sites for hydroxylation is 1. The highest BCUT2D eigenvalue weighted by Crippen LogP contribution is 2.17. The summed E-state index contributed by atoms with van der Waals surface area (Å²) in [5, 5.41) is 7.15. The van der Waals surface area contributed by atoms with Crippen molar-refractivity contribution in [2.45, 2.75) is 51.6 Å². The summed E-state index contributed by atoms with van der Waals surface area (Å²) < 4.78 is 0. The largest absolute Gasteiger partial charge is 0.381 e. The van der Waals surface area contributed by atoms with Gasteiger partial charge in [0, 0.05) is 18.3 Å². The van der Waals surface area contributed by atoms with E-state index >= 15 is 0 Å². The quantitative estimate of drug-likeness (QED) is 0.839. The van der Waals surface area contributed by atoms with Gasteiger partial charge in [0.1, 0.15) is 0 Å². The zero-order chi connectivity index (χ0) is 12.1. The average molecular weight is 233 g/mol. The van der Waals surface area contributed by atoms with Crippen molar-refractivity contribution in [2.75, 3.05) is 11.9 Å². The van der Waals surface area contributed by atoms with Gasteiger partial charge in [0.2, 0.25) is 0 Å². The van der Waals surface area contributed by atoms with Gasteiger partial charge in [-0.25, -0.2) is 0 Å². The number of nitrogens with one attached hydrogen (secondary N) is 2. The monoisotopic (exact) mass is 233 g/mol. The highest BCUT2D eigenvalue weighted by atomic mass is 15.0. The summed E-state index contributed by atoms with van der Waals surface area (Å²) in [6.07, 6.45) is 8.97. The fourth-order valence-corrected chi connectivity index (χ4v) is 2.49. The predicted octanol–water partition coefficient (Wildman–Crippen LogP) is 2.72. The molecule has 1 aliphatic heterocycles. The second-order valence-electron chi connectivity index (χ2n) is 5.12. The van der Waals surface area contributed by atoms with Gasteiger partial charge in [0.05, 0.1) is 11.9 Å². The number of anilines is 1. The molecule has 0 spiro atoms. The topological polar surface area (TPSA) is 37.0 Å². The molecule has 1 aromatic rings. The second-order valence-corrected chi connectivity index (χ2v) is 5.12. The van der Waals surface area contributed by atoms with Crippen LogP contribution < -0.4 is 10.6 Å². The molecular formula is C14H23N3. The van der Waals surface area contributed by atoms with E-state index in [0.29, 0.717) is 12.1 Å². The molecule has 1 aliphatic rings. The van der Waals surface area contributed by atoms with Crippen LogP contribution in [0.5, 0.6) is 0 Å².